The molecule has 0 aliphatic carbocycles. The lowest BCUT2D eigenvalue weighted by Crippen LogP contribution is -2.16. The standard InChI is InChI=1S/C17H20N2/c1-12-7-9-19-16(10-12)17(19)11-13-6-8-18-15-5-3-2-4-14(13)15/h2-6,8,12,16-17H,7,9-11H2,1H3/t12?,16-,17?,19?/m0/s1. The SMILES string of the molecule is CC1CCN2C(Cc3ccnc4ccccc34)[C@@H]2C1. The van der Waals surface area contributed by atoms with Crippen molar-refractivity contribution in [2.24, 2.45) is 5.92 Å². The minimum Gasteiger partial charge on any atom is -0.294 e. The maximum Gasteiger partial charge on any atom is 0.0704 e. The van der Waals surface area contributed by atoms with E-state index in [0.29, 0.717) is 0 Å². The number of rotatable bonds is 2. The van der Waals surface area contributed by atoms with E-state index in [2.05, 4.69) is 47.1 Å². The van der Waals surface area contributed by atoms with Gasteiger partial charge in [0.25, 0.3) is 0 Å². The van der Waals surface area contributed by atoms with Crippen molar-refractivity contribution in [3.63, 3.8) is 0 Å². The van der Waals surface area contributed by atoms with Crippen LogP contribution in [0.5, 0.6) is 0 Å². The van der Waals surface area contributed by atoms with Gasteiger partial charge in [0, 0.05) is 23.7 Å². The van der Waals surface area contributed by atoms with E-state index in [9.17, 15) is 0 Å². The van der Waals surface area contributed by atoms with Crippen molar-refractivity contribution in [2.75, 3.05) is 6.54 Å². The van der Waals surface area contributed by atoms with Crippen LogP contribution in [0.1, 0.15) is 25.3 Å². The van der Waals surface area contributed by atoms with Crippen LogP contribution < -0.4 is 0 Å². The highest BCUT2D eigenvalue weighted by atomic mass is 15.4. The van der Waals surface area contributed by atoms with E-state index in [-0.39, 0.29) is 0 Å². The molecule has 1 aromatic heterocycles. The Balaban J connectivity index is 1.60. The number of benzene rings is 1. The first-order valence-electron chi connectivity index (χ1n) is 7.41. The summed E-state index contributed by atoms with van der Waals surface area (Å²) in [7, 11) is 0. The molecule has 0 amide bonds. The van der Waals surface area contributed by atoms with Crippen LogP contribution in [0.25, 0.3) is 10.9 Å². The van der Waals surface area contributed by atoms with Crippen molar-refractivity contribution < 1.29 is 0 Å². The Kier molecular flexibility index (Phi) is 2.59. The summed E-state index contributed by atoms with van der Waals surface area (Å²) in [5, 5.41) is 1.34. The average molecular weight is 252 g/mol. The van der Waals surface area contributed by atoms with Crippen molar-refractivity contribution in [3.05, 3.63) is 42.1 Å². The molecule has 0 N–H and O–H groups in total. The molecule has 98 valence electrons. The fourth-order valence-electron chi connectivity index (χ4n) is 3.73. The van der Waals surface area contributed by atoms with Gasteiger partial charge in [0.2, 0.25) is 0 Å². The molecule has 2 nitrogen and oxygen atoms in total. The Morgan fingerprint density at radius 1 is 1.26 bits per heavy atom. The maximum absolute atomic E-state index is 4.46. The van der Waals surface area contributed by atoms with Gasteiger partial charge in [0.05, 0.1) is 5.52 Å². The monoisotopic (exact) mass is 252 g/mol. The molecule has 4 rings (SSSR count). The van der Waals surface area contributed by atoms with Crippen molar-refractivity contribution >= 4 is 10.9 Å². The first kappa shape index (κ1) is 11.4. The van der Waals surface area contributed by atoms with E-state index in [1.807, 2.05) is 6.20 Å². The Morgan fingerprint density at radius 2 is 2.16 bits per heavy atom. The van der Waals surface area contributed by atoms with Crippen molar-refractivity contribution in [1.29, 1.82) is 0 Å². The Bertz CT molecular complexity index is 602. The van der Waals surface area contributed by atoms with Gasteiger partial charge >= 0.3 is 0 Å². The molecular weight excluding hydrogens is 232 g/mol. The highest BCUT2D eigenvalue weighted by Gasteiger charge is 2.49. The number of fused-ring (bicyclic) bond motifs is 2. The third-order valence-corrected chi connectivity index (χ3v) is 4.90. The molecule has 3 unspecified atom stereocenters. The van der Waals surface area contributed by atoms with Gasteiger partial charge < -0.3 is 0 Å². The fourth-order valence-corrected chi connectivity index (χ4v) is 3.73. The molecule has 3 heterocycles. The molecule has 0 spiro atoms. The van der Waals surface area contributed by atoms with E-state index >= 15 is 0 Å². The summed E-state index contributed by atoms with van der Waals surface area (Å²) >= 11 is 0. The van der Waals surface area contributed by atoms with E-state index in [0.717, 1.165) is 23.5 Å². The summed E-state index contributed by atoms with van der Waals surface area (Å²) in [5.74, 6) is 0.917. The second-order valence-electron chi connectivity index (χ2n) is 6.19. The predicted octanol–water partition coefficient (Wildman–Crippen LogP) is 3.26. The maximum atomic E-state index is 4.46. The summed E-state index contributed by atoms with van der Waals surface area (Å²) in [6.45, 7) is 3.70. The average Bonchev–Trinajstić information content (AvgIpc) is 3.11. The van der Waals surface area contributed by atoms with Gasteiger partial charge in [-0.1, -0.05) is 25.1 Å². The van der Waals surface area contributed by atoms with Gasteiger partial charge in [0.15, 0.2) is 0 Å². The lowest BCUT2D eigenvalue weighted by Gasteiger charge is -2.16. The van der Waals surface area contributed by atoms with Crippen LogP contribution in [0.2, 0.25) is 0 Å². The molecule has 2 heteroatoms. The van der Waals surface area contributed by atoms with Crippen LogP contribution in [0.15, 0.2) is 36.5 Å². The number of para-hydroxylation sites is 1. The van der Waals surface area contributed by atoms with Gasteiger partial charge in [-0.3, -0.25) is 9.88 Å². The minimum absolute atomic E-state index is 0.788. The number of piperidine rings is 1. The molecule has 19 heavy (non-hydrogen) atoms. The van der Waals surface area contributed by atoms with E-state index < -0.39 is 0 Å². The van der Waals surface area contributed by atoms with Gasteiger partial charge in [-0.25, -0.2) is 0 Å². The lowest BCUT2D eigenvalue weighted by atomic mass is 9.97. The third-order valence-electron chi connectivity index (χ3n) is 4.90. The Hall–Kier alpha value is -1.41. The second-order valence-corrected chi connectivity index (χ2v) is 6.19. The molecule has 4 atom stereocenters. The highest BCUT2D eigenvalue weighted by Crippen LogP contribution is 2.41. The van der Waals surface area contributed by atoms with E-state index in [4.69, 9.17) is 0 Å². The molecule has 1 aromatic carbocycles. The summed E-state index contributed by atoms with van der Waals surface area (Å²) in [5.41, 5.74) is 2.60. The summed E-state index contributed by atoms with van der Waals surface area (Å²) in [6.07, 6.45) is 5.93. The quantitative estimate of drug-likeness (QED) is 0.763. The molecule has 2 aliphatic heterocycles. The van der Waals surface area contributed by atoms with Crippen LogP contribution in [0, 0.1) is 5.92 Å². The first-order chi connectivity index (χ1) is 9.33. The molecule has 2 aliphatic rings. The van der Waals surface area contributed by atoms with Crippen LogP contribution in [0.3, 0.4) is 0 Å². The molecule has 2 fully saturated rings. The van der Waals surface area contributed by atoms with Crippen LogP contribution in [0.4, 0.5) is 0 Å². The summed E-state index contributed by atoms with van der Waals surface area (Å²) < 4.78 is 0. The summed E-state index contributed by atoms with van der Waals surface area (Å²) in [4.78, 5) is 7.15. The molecule has 0 radical (unpaired) electrons. The zero-order chi connectivity index (χ0) is 12.8. The van der Waals surface area contributed by atoms with E-state index in [1.54, 1.807) is 0 Å². The number of aromatic nitrogens is 1. The first-order valence-corrected chi connectivity index (χ1v) is 7.41. The Labute approximate surface area is 114 Å². The Morgan fingerprint density at radius 3 is 3.05 bits per heavy atom. The zero-order valence-electron chi connectivity index (χ0n) is 11.4. The predicted molar refractivity (Wildman–Crippen MR) is 78.1 cm³/mol. The molecule has 0 saturated carbocycles. The number of hydrogen-bond acceptors (Lipinski definition) is 2. The molecular formula is C17H20N2. The minimum atomic E-state index is 0.788. The molecule has 0 bridgehead atoms. The number of pyridine rings is 1. The summed E-state index contributed by atoms with van der Waals surface area (Å²) in [6, 6.07) is 12.4. The fraction of sp³-hybridized carbons (Fsp3) is 0.471. The van der Waals surface area contributed by atoms with Crippen molar-refractivity contribution in [2.45, 2.75) is 38.3 Å². The molecule has 2 aromatic rings. The van der Waals surface area contributed by atoms with Crippen LogP contribution >= 0.6 is 0 Å². The normalized spacial score (nSPS) is 33.1. The largest absolute Gasteiger partial charge is 0.294 e. The molecule has 2 saturated heterocycles. The zero-order valence-corrected chi connectivity index (χ0v) is 11.4. The number of nitrogens with zero attached hydrogens (tertiary/aromatic N) is 2. The van der Waals surface area contributed by atoms with Crippen LogP contribution in [-0.4, -0.2) is 28.5 Å². The number of hydrogen-bond donors (Lipinski definition) is 0. The van der Waals surface area contributed by atoms with E-state index in [1.165, 1.54) is 36.8 Å². The van der Waals surface area contributed by atoms with Gasteiger partial charge in [-0.2, -0.15) is 0 Å². The lowest BCUT2D eigenvalue weighted by molar-refractivity contribution is 0.328. The van der Waals surface area contributed by atoms with Crippen LogP contribution in [-0.2, 0) is 6.42 Å². The smallest absolute Gasteiger partial charge is 0.0704 e. The topological polar surface area (TPSA) is 15.9 Å². The van der Waals surface area contributed by atoms with Gasteiger partial charge in [-0.05, 0) is 49.4 Å². The van der Waals surface area contributed by atoms with Gasteiger partial charge in [0.1, 0.15) is 0 Å². The van der Waals surface area contributed by atoms with Crippen molar-refractivity contribution in [1.82, 2.24) is 9.88 Å². The van der Waals surface area contributed by atoms with Crippen molar-refractivity contribution in [3.8, 4) is 0 Å². The second kappa shape index (κ2) is 4.31. The highest BCUT2D eigenvalue weighted by molar-refractivity contribution is 5.81. The third kappa shape index (κ3) is 1.95. The van der Waals surface area contributed by atoms with Gasteiger partial charge in [-0.15, -0.1) is 0 Å².